The minimum Gasteiger partial charge on any atom is -0.497 e. The lowest BCUT2D eigenvalue weighted by atomic mass is 10.0. The quantitative estimate of drug-likeness (QED) is 0.496. The van der Waals surface area contributed by atoms with Gasteiger partial charge in [0.05, 0.1) is 30.3 Å². The molecule has 0 amide bonds. The van der Waals surface area contributed by atoms with Gasteiger partial charge in [-0.1, -0.05) is 11.6 Å². The van der Waals surface area contributed by atoms with E-state index >= 15 is 0 Å². The number of hydrogen-bond donors (Lipinski definition) is 1. The Morgan fingerprint density at radius 1 is 1.22 bits per heavy atom. The molecular weight excluding hydrogens is 439 g/mol. The molecule has 1 saturated heterocycles. The SMILES string of the molecule is COc1ccc2c(c1)C(Nc1ccc(Cl)c(F)c1)=C([N+](=O)[O-])CN2CCN1CCOCC1. The van der Waals surface area contributed by atoms with Crippen LogP contribution in [-0.4, -0.2) is 62.9 Å². The fourth-order valence-electron chi connectivity index (χ4n) is 3.91. The molecule has 170 valence electrons. The van der Waals surface area contributed by atoms with Crippen molar-refractivity contribution in [2.45, 2.75) is 0 Å². The van der Waals surface area contributed by atoms with Crippen LogP contribution in [-0.2, 0) is 4.74 Å². The summed E-state index contributed by atoms with van der Waals surface area (Å²) in [6, 6.07) is 9.70. The number of ether oxygens (including phenoxy) is 2. The molecule has 8 nitrogen and oxygen atoms in total. The summed E-state index contributed by atoms with van der Waals surface area (Å²) in [5.41, 5.74) is 2.16. The Kier molecular flexibility index (Phi) is 6.78. The standard InChI is InChI=1S/C22H24ClFN4O4/c1-31-16-3-5-20-17(13-16)22(25-15-2-4-18(23)19(24)12-15)21(28(29)30)14-27(20)7-6-26-8-10-32-11-9-26/h2-5,12-13,25H,6-11,14H2,1H3. The lowest BCUT2D eigenvalue weighted by Gasteiger charge is -2.34. The van der Waals surface area contributed by atoms with Crippen LogP contribution in [0.4, 0.5) is 15.8 Å². The van der Waals surface area contributed by atoms with Gasteiger partial charge in [-0.3, -0.25) is 15.0 Å². The molecule has 0 unspecified atom stereocenters. The van der Waals surface area contributed by atoms with Gasteiger partial charge in [0, 0.05) is 43.1 Å². The monoisotopic (exact) mass is 462 g/mol. The van der Waals surface area contributed by atoms with Crippen molar-refractivity contribution in [1.82, 2.24) is 4.90 Å². The van der Waals surface area contributed by atoms with Crippen LogP contribution in [0.1, 0.15) is 5.56 Å². The first-order valence-corrected chi connectivity index (χ1v) is 10.7. The summed E-state index contributed by atoms with van der Waals surface area (Å²) in [6.07, 6.45) is 0. The zero-order chi connectivity index (χ0) is 22.7. The molecule has 2 heterocycles. The predicted molar refractivity (Wildman–Crippen MR) is 121 cm³/mol. The second-order valence-electron chi connectivity index (χ2n) is 7.59. The van der Waals surface area contributed by atoms with E-state index in [9.17, 15) is 14.5 Å². The average molecular weight is 463 g/mol. The summed E-state index contributed by atoms with van der Waals surface area (Å²) < 4.78 is 24.7. The summed E-state index contributed by atoms with van der Waals surface area (Å²) in [4.78, 5) is 15.9. The van der Waals surface area contributed by atoms with E-state index in [2.05, 4.69) is 10.2 Å². The Morgan fingerprint density at radius 3 is 2.69 bits per heavy atom. The third-order valence-corrected chi connectivity index (χ3v) is 5.95. The van der Waals surface area contributed by atoms with Crippen LogP contribution in [0.2, 0.25) is 5.02 Å². The normalized spacial score (nSPS) is 16.7. The van der Waals surface area contributed by atoms with Gasteiger partial charge in [0.1, 0.15) is 23.8 Å². The highest BCUT2D eigenvalue weighted by Gasteiger charge is 2.32. The molecule has 0 spiro atoms. The van der Waals surface area contributed by atoms with Gasteiger partial charge in [-0.2, -0.15) is 0 Å². The number of morpholine rings is 1. The molecule has 1 N–H and O–H groups in total. The zero-order valence-corrected chi connectivity index (χ0v) is 18.4. The van der Waals surface area contributed by atoms with E-state index in [1.165, 1.54) is 12.1 Å². The number of nitro groups is 1. The Hall–Kier alpha value is -2.88. The topological polar surface area (TPSA) is 80.1 Å². The van der Waals surface area contributed by atoms with Crippen molar-refractivity contribution in [3.8, 4) is 5.75 Å². The van der Waals surface area contributed by atoms with Gasteiger partial charge in [0.25, 0.3) is 5.70 Å². The van der Waals surface area contributed by atoms with Crippen molar-refractivity contribution < 1.29 is 18.8 Å². The van der Waals surface area contributed by atoms with E-state index in [0.717, 1.165) is 25.3 Å². The maximum absolute atomic E-state index is 14.0. The van der Waals surface area contributed by atoms with E-state index in [1.54, 1.807) is 19.2 Å². The molecule has 32 heavy (non-hydrogen) atoms. The van der Waals surface area contributed by atoms with E-state index in [4.69, 9.17) is 21.1 Å². The van der Waals surface area contributed by atoms with E-state index in [1.807, 2.05) is 17.0 Å². The summed E-state index contributed by atoms with van der Waals surface area (Å²) in [5.74, 6) is -0.0307. The van der Waals surface area contributed by atoms with E-state index < -0.39 is 10.7 Å². The third-order valence-electron chi connectivity index (χ3n) is 5.64. The third kappa shape index (κ3) is 4.79. The fourth-order valence-corrected chi connectivity index (χ4v) is 4.03. The van der Waals surface area contributed by atoms with Crippen LogP contribution >= 0.6 is 11.6 Å². The number of benzene rings is 2. The van der Waals surface area contributed by atoms with Crippen molar-refractivity contribution >= 4 is 28.7 Å². The first-order valence-electron chi connectivity index (χ1n) is 10.3. The summed E-state index contributed by atoms with van der Waals surface area (Å²) in [6.45, 7) is 4.59. The van der Waals surface area contributed by atoms with Crippen LogP contribution in [0.25, 0.3) is 5.70 Å². The number of nitrogens with zero attached hydrogens (tertiary/aromatic N) is 3. The number of fused-ring (bicyclic) bond motifs is 1. The van der Waals surface area contributed by atoms with E-state index in [-0.39, 0.29) is 17.3 Å². The van der Waals surface area contributed by atoms with Crippen molar-refractivity contribution in [2.24, 2.45) is 0 Å². The molecule has 2 aromatic rings. The smallest absolute Gasteiger partial charge is 0.289 e. The average Bonchev–Trinajstić information content (AvgIpc) is 2.81. The van der Waals surface area contributed by atoms with Gasteiger partial charge in [0.2, 0.25) is 0 Å². The number of halogens is 2. The highest BCUT2D eigenvalue weighted by molar-refractivity contribution is 6.30. The number of anilines is 2. The van der Waals surface area contributed by atoms with Gasteiger partial charge in [-0.15, -0.1) is 0 Å². The Morgan fingerprint density at radius 2 is 2.00 bits per heavy atom. The molecule has 2 aromatic carbocycles. The second kappa shape index (κ2) is 9.72. The maximum atomic E-state index is 14.0. The maximum Gasteiger partial charge on any atom is 0.289 e. The van der Waals surface area contributed by atoms with Crippen LogP contribution in [0.5, 0.6) is 5.75 Å². The fraction of sp³-hybridized carbons (Fsp3) is 0.364. The molecule has 10 heteroatoms. The van der Waals surface area contributed by atoms with Gasteiger partial charge in [0.15, 0.2) is 0 Å². The van der Waals surface area contributed by atoms with Crippen LogP contribution in [0.3, 0.4) is 0 Å². The lowest BCUT2D eigenvalue weighted by molar-refractivity contribution is -0.424. The summed E-state index contributed by atoms with van der Waals surface area (Å²) >= 11 is 5.78. The molecule has 0 aliphatic carbocycles. The number of rotatable bonds is 7. The Balaban J connectivity index is 1.69. The first kappa shape index (κ1) is 22.3. The minimum absolute atomic E-state index is 0.00286. The molecule has 0 aromatic heterocycles. The van der Waals surface area contributed by atoms with Gasteiger partial charge >= 0.3 is 0 Å². The van der Waals surface area contributed by atoms with Gasteiger partial charge in [-0.05, 0) is 36.4 Å². The van der Waals surface area contributed by atoms with Gasteiger partial charge < -0.3 is 19.7 Å². The van der Waals surface area contributed by atoms with Crippen LogP contribution in [0.15, 0.2) is 42.1 Å². The van der Waals surface area contributed by atoms with Crippen LogP contribution in [0, 0.1) is 15.9 Å². The zero-order valence-electron chi connectivity index (χ0n) is 17.6. The highest BCUT2D eigenvalue weighted by atomic mass is 35.5. The van der Waals surface area contributed by atoms with Crippen molar-refractivity contribution in [3.63, 3.8) is 0 Å². The van der Waals surface area contributed by atoms with Gasteiger partial charge in [-0.25, -0.2) is 4.39 Å². The molecule has 2 aliphatic heterocycles. The molecule has 4 rings (SSSR count). The molecule has 2 aliphatic rings. The Bertz CT molecular complexity index is 1040. The molecule has 0 atom stereocenters. The minimum atomic E-state index is -0.603. The second-order valence-corrected chi connectivity index (χ2v) is 8.00. The number of nitrogens with one attached hydrogen (secondary N) is 1. The molecule has 0 saturated carbocycles. The Labute approximate surface area is 190 Å². The molecule has 0 bridgehead atoms. The highest BCUT2D eigenvalue weighted by Crippen LogP contribution is 2.38. The van der Waals surface area contributed by atoms with E-state index in [0.29, 0.717) is 42.5 Å². The summed E-state index contributed by atoms with van der Waals surface area (Å²) in [5, 5.41) is 15.0. The predicted octanol–water partition coefficient (Wildman–Crippen LogP) is 3.70. The number of hydrogen-bond acceptors (Lipinski definition) is 7. The van der Waals surface area contributed by atoms with Crippen molar-refractivity contribution in [3.05, 3.63) is 68.6 Å². The first-order chi connectivity index (χ1) is 15.5. The van der Waals surface area contributed by atoms with Crippen molar-refractivity contribution in [1.29, 1.82) is 0 Å². The summed E-state index contributed by atoms with van der Waals surface area (Å²) in [7, 11) is 1.54. The molecule has 0 radical (unpaired) electrons. The lowest BCUT2D eigenvalue weighted by Crippen LogP contribution is -2.43. The van der Waals surface area contributed by atoms with Crippen molar-refractivity contribution in [2.75, 3.05) is 63.3 Å². The largest absolute Gasteiger partial charge is 0.497 e. The molecular formula is C22H24ClFN4O4. The molecule has 1 fully saturated rings. The number of methoxy groups -OCH3 is 1. The van der Waals surface area contributed by atoms with Crippen LogP contribution < -0.4 is 15.0 Å².